The highest BCUT2D eigenvalue weighted by atomic mass is 32.2. The van der Waals surface area contributed by atoms with Crippen molar-refractivity contribution in [1.29, 1.82) is 0 Å². The zero-order valence-corrected chi connectivity index (χ0v) is 10.8. The Morgan fingerprint density at radius 1 is 1.28 bits per heavy atom. The molecule has 18 heavy (non-hydrogen) atoms. The van der Waals surface area contributed by atoms with E-state index in [4.69, 9.17) is 4.74 Å². The van der Waals surface area contributed by atoms with E-state index in [9.17, 15) is 0 Å². The lowest BCUT2D eigenvalue weighted by molar-refractivity contribution is 0.415. The van der Waals surface area contributed by atoms with Crippen LogP contribution in [0.1, 0.15) is 5.69 Å². The molecule has 0 aliphatic carbocycles. The molecule has 0 amide bonds. The van der Waals surface area contributed by atoms with Gasteiger partial charge in [-0.2, -0.15) is 0 Å². The van der Waals surface area contributed by atoms with Crippen LogP contribution in [0, 0.1) is 0 Å². The smallest absolute Gasteiger partial charge is 0.227 e. The summed E-state index contributed by atoms with van der Waals surface area (Å²) in [4.78, 5) is 10.0. The van der Waals surface area contributed by atoms with Gasteiger partial charge in [0, 0.05) is 29.0 Å². The minimum atomic E-state index is 0.654. The quantitative estimate of drug-likeness (QED) is 0.918. The van der Waals surface area contributed by atoms with Gasteiger partial charge in [0.15, 0.2) is 0 Å². The second-order valence-electron chi connectivity index (χ2n) is 3.96. The van der Waals surface area contributed by atoms with E-state index >= 15 is 0 Å². The number of anilines is 2. The highest BCUT2D eigenvalue weighted by Gasteiger charge is 2.14. The summed E-state index contributed by atoms with van der Waals surface area (Å²) in [6, 6.07) is 7.71. The van der Waals surface area contributed by atoms with Crippen molar-refractivity contribution in [3.05, 3.63) is 36.2 Å². The fourth-order valence-electron chi connectivity index (χ4n) is 1.83. The maximum Gasteiger partial charge on any atom is 0.227 e. The van der Waals surface area contributed by atoms with Crippen LogP contribution < -0.4 is 10.1 Å². The second-order valence-corrected chi connectivity index (χ2v) is 5.09. The van der Waals surface area contributed by atoms with Crippen LogP contribution in [-0.4, -0.2) is 22.8 Å². The average molecular weight is 259 g/mol. The Morgan fingerprint density at radius 2 is 2.11 bits per heavy atom. The monoisotopic (exact) mass is 259 g/mol. The molecule has 0 radical (unpaired) electrons. The first kappa shape index (κ1) is 11.3. The Morgan fingerprint density at radius 3 is 2.89 bits per heavy atom. The van der Waals surface area contributed by atoms with Crippen LogP contribution in [0.3, 0.4) is 0 Å². The molecule has 5 heteroatoms. The van der Waals surface area contributed by atoms with Crippen LogP contribution in [0.5, 0.6) is 5.75 Å². The molecule has 1 aromatic carbocycles. The summed E-state index contributed by atoms with van der Waals surface area (Å²) in [7, 11) is 1.66. The van der Waals surface area contributed by atoms with Gasteiger partial charge in [0.1, 0.15) is 5.75 Å². The first-order chi connectivity index (χ1) is 8.85. The molecule has 2 heterocycles. The molecule has 1 aliphatic heterocycles. The van der Waals surface area contributed by atoms with E-state index in [1.807, 2.05) is 42.2 Å². The minimum Gasteiger partial charge on any atom is -0.497 e. The summed E-state index contributed by atoms with van der Waals surface area (Å²) in [6.07, 6.45) is 2.92. The van der Waals surface area contributed by atoms with Crippen molar-refractivity contribution in [1.82, 2.24) is 9.97 Å². The topological polar surface area (TPSA) is 47.0 Å². The molecule has 2 aromatic rings. The molecule has 0 saturated carbocycles. The molecular formula is C13H13N3OS. The average Bonchev–Trinajstić information content (AvgIpc) is 2.87. The van der Waals surface area contributed by atoms with Crippen molar-refractivity contribution >= 4 is 23.4 Å². The number of fused-ring (bicyclic) bond motifs is 1. The van der Waals surface area contributed by atoms with Crippen LogP contribution in [0.15, 0.2) is 35.4 Å². The standard InChI is InChI=1S/C13H13N3OS/c1-17-10-4-2-9(3-5-10)15-13-14-8-12-11(16-13)6-7-18-12/h2-5,8H,6-7H2,1H3,(H,14,15,16). The molecule has 0 spiro atoms. The molecule has 92 valence electrons. The molecule has 1 aromatic heterocycles. The van der Waals surface area contributed by atoms with E-state index < -0.39 is 0 Å². The summed E-state index contributed by atoms with van der Waals surface area (Å²) in [6.45, 7) is 0. The number of aromatic nitrogens is 2. The van der Waals surface area contributed by atoms with Crippen molar-refractivity contribution in [2.24, 2.45) is 0 Å². The van der Waals surface area contributed by atoms with Crippen LogP contribution in [0.4, 0.5) is 11.6 Å². The van der Waals surface area contributed by atoms with Crippen molar-refractivity contribution in [2.75, 3.05) is 18.2 Å². The predicted octanol–water partition coefficient (Wildman–Crippen LogP) is 2.88. The van der Waals surface area contributed by atoms with Gasteiger partial charge in [0.2, 0.25) is 5.95 Å². The molecular weight excluding hydrogens is 246 g/mol. The van der Waals surface area contributed by atoms with Crippen molar-refractivity contribution in [3.63, 3.8) is 0 Å². The summed E-state index contributed by atoms with van der Waals surface area (Å²) in [5.74, 6) is 2.60. The number of nitrogens with zero attached hydrogens (tertiary/aromatic N) is 2. The van der Waals surface area contributed by atoms with Crippen LogP contribution in [0.25, 0.3) is 0 Å². The third kappa shape index (κ3) is 2.26. The number of ether oxygens (including phenoxy) is 1. The van der Waals surface area contributed by atoms with Crippen LogP contribution in [-0.2, 0) is 6.42 Å². The Labute approximate surface area is 110 Å². The summed E-state index contributed by atoms with van der Waals surface area (Å²) >= 11 is 1.82. The van der Waals surface area contributed by atoms with E-state index in [1.54, 1.807) is 7.11 Å². The summed E-state index contributed by atoms with van der Waals surface area (Å²) < 4.78 is 5.12. The normalized spacial score (nSPS) is 13.2. The molecule has 1 aliphatic rings. The Balaban J connectivity index is 1.79. The predicted molar refractivity (Wildman–Crippen MR) is 72.7 cm³/mol. The molecule has 1 N–H and O–H groups in total. The minimum absolute atomic E-state index is 0.654. The lowest BCUT2D eigenvalue weighted by atomic mass is 10.3. The highest BCUT2D eigenvalue weighted by Crippen LogP contribution is 2.30. The number of thioether (sulfide) groups is 1. The van der Waals surface area contributed by atoms with E-state index in [2.05, 4.69) is 15.3 Å². The van der Waals surface area contributed by atoms with Gasteiger partial charge >= 0.3 is 0 Å². The Bertz CT molecular complexity index is 557. The lowest BCUT2D eigenvalue weighted by Crippen LogP contribution is -1.99. The van der Waals surface area contributed by atoms with E-state index in [-0.39, 0.29) is 0 Å². The number of rotatable bonds is 3. The number of methoxy groups -OCH3 is 1. The maximum atomic E-state index is 5.12. The third-order valence-corrected chi connectivity index (χ3v) is 3.83. The number of hydrogen-bond donors (Lipinski definition) is 1. The van der Waals surface area contributed by atoms with Gasteiger partial charge in [-0.15, -0.1) is 11.8 Å². The maximum absolute atomic E-state index is 5.12. The molecule has 3 rings (SSSR count). The van der Waals surface area contributed by atoms with Crippen molar-refractivity contribution < 1.29 is 4.74 Å². The number of hydrogen-bond acceptors (Lipinski definition) is 5. The van der Waals surface area contributed by atoms with Gasteiger partial charge in [-0.1, -0.05) is 0 Å². The van der Waals surface area contributed by atoms with Gasteiger partial charge in [-0.25, -0.2) is 9.97 Å². The molecule has 0 bridgehead atoms. The number of nitrogens with one attached hydrogen (secondary N) is 1. The number of benzene rings is 1. The fourth-order valence-corrected chi connectivity index (χ4v) is 2.78. The summed E-state index contributed by atoms with van der Waals surface area (Å²) in [5, 5.41) is 3.20. The summed E-state index contributed by atoms with van der Waals surface area (Å²) in [5.41, 5.74) is 2.10. The van der Waals surface area contributed by atoms with Crippen molar-refractivity contribution in [3.8, 4) is 5.75 Å². The molecule has 0 unspecified atom stereocenters. The third-order valence-electron chi connectivity index (χ3n) is 2.77. The molecule has 0 fully saturated rings. The van der Waals surface area contributed by atoms with Gasteiger partial charge in [-0.3, -0.25) is 0 Å². The van der Waals surface area contributed by atoms with E-state index in [0.717, 1.165) is 29.3 Å². The molecule has 4 nitrogen and oxygen atoms in total. The van der Waals surface area contributed by atoms with Gasteiger partial charge in [0.25, 0.3) is 0 Å². The van der Waals surface area contributed by atoms with Gasteiger partial charge in [0.05, 0.1) is 12.8 Å². The molecule has 0 atom stereocenters. The first-order valence-corrected chi connectivity index (χ1v) is 6.73. The Hall–Kier alpha value is -1.75. The Kier molecular flexibility index (Phi) is 3.06. The second kappa shape index (κ2) is 4.86. The van der Waals surface area contributed by atoms with E-state index in [1.165, 1.54) is 4.90 Å². The zero-order chi connectivity index (χ0) is 12.4. The molecule has 0 saturated heterocycles. The van der Waals surface area contributed by atoms with Crippen molar-refractivity contribution in [2.45, 2.75) is 11.3 Å². The van der Waals surface area contributed by atoms with Crippen LogP contribution >= 0.6 is 11.8 Å². The lowest BCUT2D eigenvalue weighted by Gasteiger charge is -2.06. The highest BCUT2D eigenvalue weighted by molar-refractivity contribution is 7.99. The van der Waals surface area contributed by atoms with Crippen LogP contribution in [0.2, 0.25) is 0 Å². The van der Waals surface area contributed by atoms with Gasteiger partial charge < -0.3 is 10.1 Å². The zero-order valence-electron chi connectivity index (χ0n) is 10.0. The first-order valence-electron chi connectivity index (χ1n) is 5.75. The SMILES string of the molecule is COc1ccc(Nc2ncc3c(n2)CCS3)cc1. The fraction of sp³-hybridized carbons (Fsp3) is 0.231. The van der Waals surface area contributed by atoms with E-state index in [0.29, 0.717) is 5.95 Å². The largest absolute Gasteiger partial charge is 0.497 e. The van der Waals surface area contributed by atoms with Gasteiger partial charge in [-0.05, 0) is 24.3 Å². The number of aryl methyl sites for hydroxylation is 1.